The smallest absolute Gasteiger partial charge is 0.335 e. The Kier molecular flexibility index (Phi) is 4.06. The molecule has 0 radical (unpaired) electrons. The molecule has 9 heteroatoms. The number of carbonyl (C=O) groups is 1. The van der Waals surface area contributed by atoms with Crippen molar-refractivity contribution in [3.05, 3.63) is 45.4 Å². The van der Waals surface area contributed by atoms with Crippen molar-refractivity contribution in [2.45, 2.75) is 17.6 Å². The Morgan fingerprint density at radius 1 is 1.38 bits per heavy atom. The van der Waals surface area contributed by atoms with E-state index in [9.17, 15) is 22.0 Å². The van der Waals surface area contributed by atoms with E-state index in [0.717, 1.165) is 11.3 Å². The minimum Gasteiger partial charge on any atom is -0.478 e. The normalized spacial score (nSPS) is 11.6. The summed E-state index contributed by atoms with van der Waals surface area (Å²) in [7, 11) is -4.22. The second-order valence-electron chi connectivity index (χ2n) is 4.18. The largest absolute Gasteiger partial charge is 0.478 e. The standard InChI is InChI=1S/C12H9F2NO4S2/c1-6-15-4-8(20-6)5-21(18,19)10-3-7(12(16)17)2-9(13)11(10)14/h2-4H,5H2,1H3,(H,16,17). The third-order valence-corrected chi connectivity index (χ3v) is 5.33. The zero-order chi connectivity index (χ0) is 15.8. The summed E-state index contributed by atoms with van der Waals surface area (Å²) in [6.45, 7) is 1.67. The van der Waals surface area contributed by atoms with E-state index in [1.54, 1.807) is 6.92 Å². The number of rotatable bonds is 4. The van der Waals surface area contributed by atoms with Crippen LogP contribution in [0.25, 0.3) is 0 Å². The number of hydrogen-bond donors (Lipinski definition) is 1. The van der Waals surface area contributed by atoms with Crippen LogP contribution in [-0.2, 0) is 15.6 Å². The average molecular weight is 333 g/mol. The molecule has 0 unspecified atom stereocenters. The number of aryl methyl sites for hydroxylation is 1. The molecule has 0 amide bonds. The first-order valence-electron chi connectivity index (χ1n) is 5.57. The zero-order valence-electron chi connectivity index (χ0n) is 10.6. The van der Waals surface area contributed by atoms with E-state index in [1.165, 1.54) is 6.20 Å². The molecular weight excluding hydrogens is 324 g/mol. The van der Waals surface area contributed by atoms with Crippen molar-refractivity contribution in [3.8, 4) is 0 Å². The molecule has 0 atom stereocenters. The molecular formula is C12H9F2NO4S2. The Balaban J connectivity index is 2.51. The van der Waals surface area contributed by atoms with Gasteiger partial charge in [-0.2, -0.15) is 0 Å². The summed E-state index contributed by atoms with van der Waals surface area (Å²) in [6.07, 6.45) is 1.33. The molecule has 0 fully saturated rings. The maximum atomic E-state index is 13.7. The van der Waals surface area contributed by atoms with Gasteiger partial charge in [0.05, 0.1) is 16.3 Å². The van der Waals surface area contributed by atoms with Gasteiger partial charge in [0.15, 0.2) is 21.5 Å². The zero-order valence-corrected chi connectivity index (χ0v) is 12.3. The monoisotopic (exact) mass is 333 g/mol. The predicted molar refractivity (Wildman–Crippen MR) is 71.1 cm³/mol. The van der Waals surface area contributed by atoms with Crippen LogP contribution in [0, 0.1) is 18.6 Å². The topological polar surface area (TPSA) is 84.3 Å². The maximum absolute atomic E-state index is 13.7. The van der Waals surface area contributed by atoms with E-state index in [0.29, 0.717) is 22.0 Å². The van der Waals surface area contributed by atoms with Gasteiger partial charge in [0.25, 0.3) is 0 Å². The predicted octanol–water partition coefficient (Wildman–Crippen LogP) is 2.40. The molecule has 1 N–H and O–H groups in total. The summed E-state index contributed by atoms with van der Waals surface area (Å²) in [6, 6.07) is 1.05. The van der Waals surface area contributed by atoms with Gasteiger partial charge in [-0.25, -0.2) is 27.0 Å². The summed E-state index contributed by atoms with van der Waals surface area (Å²) in [5, 5.41) is 9.42. The van der Waals surface area contributed by atoms with Crippen LogP contribution in [0.2, 0.25) is 0 Å². The second-order valence-corrected chi connectivity index (χ2v) is 7.46. The lowest BCUT2D eigenvalue weighted by molar-refractivity contribution is 0.0696. The lowest BCUT2D eigenvalue weighted by Crippen LogP contribution is -2.10. The SMILES string of the molecule is Cc1ncc(CS(=O)(=O)c2cc(C(=O)O)cc(F)c2F)s1. The lowest BCUT2D eigenvalue weighted by atomic mass is 10.2. The molecule has 0 bridgehead atoms. The highest BCUT2D eigenvalue weighted by Crippen LogP contribution is 2.25. The van der Waals surface area contributed by atoms with Gasteiger partial charge in [-0.05, 0) is 19.1 Å². The fourth-order valence-electron chi connectivity index (χ4n) is 1.65. The number of sulfone groups is 1. The number of thiazole rings is 1. The summed E-state index contributed by atoms with van der Waals surface area (Å²) < 4.78 is 51.3. The van der Waals surface area contributed by atoms with Crippen LogP contribution in [0.1, 0.15) is 20.2 Å². The Labute approximate surface area is 122 Å². The molecule has 0 aliphatic carbocycles. The Morgan fingerprint density at radius 3 is 2.57 bits per heavy atom. The van der Waals surface area contributed by atoms with E-state index in [2.05, 4.69) is 4.98 Å². The quantitative estimate of drug-likeness (QED) is 0.929. The summed E-state index contributed by atoms with van der Waals surface area (Å²) in [4.78, 5) is 14.1. The molecule has 21 heavy (non-hydrogen) atoms. The molecule has 2 rings (SSSR count). The highest BCUT2D eigenvalue weighted by molar-refractivity contribution is 7.90. The maximum Gasteiger partial charge on any atom is 0.335 e. The molecule has 5 nitrogen and oxygen atoms in total. The summed E-state index contributed by atoms with van der Waals surface area (Å²) in [5.41, 5.74) is -0.632. The summed E-state index contributed by atoms with van der Waals surface area (Å²) in [5.74, 6) is -5.22. The van der Waals surface area contributed by atoms with Crippen LogP contribution < -0.4 is 0 Å². The van der Waals surface area contributed by atoms with E-state index < -0.39 is 43.7 Å². The number of benzene rings is 1. The lowest BCUT2D eigenvalue weighted by Gasteiger charge is -2.06. The molecule has 112 valence electrons. The number of carboxylic acid groups (broad SMARTS) is 1. The van der Waals surface area contributed by atoms with Crippen molar-refractivity contribution in [2.24, 2.45) is 0 Å². The minimum absolute atomic E-state index is 0.355. The molecule has 2 aromatic rings. The molecule has 0 aliphatic rings. The molecule has 0 saturated heterocycles. The summed E-state index contributed by atoms with van der Waals surface area (Å²) >= 11 is 1.11. The van der Waals surface area contributed by atoms with Gasteiger partial charge < -0.3 is 5.11 Å². The van der Waals surface area contributed by atoms with Crippen LogP contribution in [0.4, 0.5) is 8.78 Å². The first-order valence-corrected chi connectivity index (χ1v) is 8.04. The van der Waals surface area contributed by atoms with E-state index in [-0.39, 0.29) is 0 Å². The van der Waals surface area contributed by atoms with Gasteiger partial charge in [-0.15, -0.1) is 11.3 Å². The third kappa shape index (κ3) is 3.24. The fourth-order valence-corrected chi connectivity index (χ4v) is 4.22. The van der Waals surface area contributed by atoms with Crippen LogP contribution in [0.15, 0.2) is 23.2 Å². The number of nitrogens with zero attached hydrogens (tertiary/aromatic N) is 1. The number of halogens is 2. The van der Waals surface area contributed by atoms with Crippen LogP contribution >= 0.6 is 11.3 Å². The number of hydrogen-bond acceptors (Lipinski definition) is 5. The molecule has 0 saturated carbocycles. The molecule has 1 aromatic carbocycles. The van der Waals surface area contributed by atoms with Crippen molar-refractivity contribution in [1.29, 1.82) is 0 Å². The third-order valence-electron chi connectivity index (χ3n) is 2.58. The molecule has 0 aliphatic heterocycles. The van der Waals surface area contributed by atoms with Crippen LogP contribution in [0.5, 0.6) is 0 Å². The second kappa shape index (κ2) is 5.49. The van der Waals surface area contributed by atoms with Gasteiger partial charge in [0.2, 0.25) is 0 Å². The van der Waals surface area contributed by atoms with Crippen molar-refractivity contribution in [1.82, 2.24) is 4.98 Å². The first-order chi connectivity index (χ1) is 9.70. The molecule has 1 heterocycles. The Hall–Kier alpha value is -1.87. The van der Waals surface area contributed by atoms with Crippen molar-refractivity contribution in [2.75, 3.05) is 0 Å². The van der Waals surface area contributed by atoms with E-state index >= 15 is 0 Å². The van der Waals surface area contributed by atoms with Gasteiger partial charge in [0, 0.05) is 11.1 Å². The number of aromatic carboxylic acids is 1. The highest BCUT2D eigenvalue weighted by atomic mass is 32.2. The van der Waals surface area contributed by atoms with Gasteiger partial charge in [-0.1, -0.05) is 0 Å². The van der Waals surface area contributed by atoms with Crippen LogP contribution in [-0.4, -0.2) is 24.5 Å². The Morgan fingerprint density at radius 2 is 2.05 bits per heavy atom. The number of aromatic nitrogens is 1. The highest BCUT2D eigenvalue weighted by Gasteiger charge is 2.25. The van der Waals surface area contributed by atoms with Crippen molar-refractivity contribution in [3.63, 3.8) is 0 Å². The van der Waals surface area contributed by atoms with Gasteiger partial charge in [-0.3, -0.25) is 0 Å². The van der Waals surface area contributed by atoms with Crippen molar-refractivity contribution >= 4 is 27.1 Å². The molecule has 1 aromatic heterocycles. The first kappa shape index (κ1) is 15.5. The fraction of sp³-hybridized carbons (Fsp3) is 0.167. The van der Waals surface area contributed by atoms with E-state index in [4.69, 9.17) is 5.11 Å². The number of carboxylic acids is 1. The minimum atomic E-state index is -4.22. The average Bonchev–Trinajstić information content (AvgIpc) is 2.76. The molecule has 0 spiro atoms. The van der Waals surface area contributed by atoms with Gasteiger partial charge >= 0.3 is 5.97 Å². The Bertz CT molecular complexity index is 815. The van der Waals surface area contributed by atoms with Crippen molar-refractivity contribution < 1.29 is 27.1 Å². The van der Waals surface area contributed by atoms with E-state index in [1.807, 2.05) is 0 Å². The van der Waals surface area contributed by atoms with Crippen LogP contribution in [0.3, 0.4) is 0 Å². The van der Waals surface area contributed by atoms with Gasteiger partial charge in [0.1, 0.15) is 4.90 Å².